The van der Waals surface area contributed by atoms with Crippen molar-refractivity contribution in [1.29, 1.82) is 0 Å². The summed E-state index contributed by atoms with van der Waals surface area (Å²) in [6, 6.07) is 5.88. The molecule has 0 aliphatic heterocycles. The standard InChI is InChI=1S/C17H27NO3/c1-12-7-6-8-14(13(12)2)21-10-9-16(20)18-11-15(19)17(3,4)5/h6-8,15,19H,9-11H2,1-5H3,(H,18,20). The maximum atomic E-state index is 11.7. The lowest BCUT2D eigenvalue weighted by Crippen LogP contribution is -2.39. The second-order valence-corrected chi connectivity index (χ2v) is 6.48. The van der Waals surface area contributed by atoms with Gasteiger partial charge in [-0.25, -0.2) is 0 Å². The average Bonchev–Trinajstić information content (AvgIpc) is 2.39. The summed E-state index contributed by atoms with van der Waals surface area (Å²) in [4.78, 5) is 11.7. The Hall–Kier alpha value is -1.55. The largest absolute Gasteiger partial charge is 0.493 e. The number of ether oxygens (including phenoxy) is 1. The zero-order valence-electron chi connectivity index (χ0n) is 13.7. The van der Waals surface area contributed by atoms with E-state index in [1.165, 1.54) is 5.56 Å². The van der Waals surface area contributed by atoms with Gasteiger partial charge >= 0.3 is 0 Å². The molecule has 4 heteroatoms. The first-order chi connectivity index (χ1) is 9.71. The lowest BCUT2D eigenvalue weighted by Gasteiger charge is -2.25. The Morgan fingerprint density at radius 1 is 1.33 bits per heavy atom. The Morgan fingerprint density at radius 2 is 2.00 bits per heavy atom. The van der Waals surface area contributed by atoms with Crippen molar-refractivity contribution in [3.05, 3.63) is 29.3 Å². The summed E-state index contributed by atoms with van der Waals surface area (Å²) in [6.07, 6.45) is -0.272. The zero-order valence-corrected chi connectivity index (χ0v) is 13.7. The van der Waals surface area contributed by atoms with Gasteiger partial charge < -0.3 is 15.2 Å². The normalized spacial score (nSPS) is 12.9. The van der Waals surface area contributed by atoms with Crippen molar-refractivity contribution in [3.8, 4) is 5.75 Å². The van der Waals surface area contributed by atoms with Crippen LogP contribution in [0.5, 0.6) is 5.75 Å². The number of nitrogens with one attached hydrogen (secondary N) is 1. The monoisotopic (exact) mass is 293 g/mol. The summed E-state index contributed by atoms with van der Waals surface area (Å²) in [7, 11) is 0. The van der Waals surface area contributed by atoms with E-state index in [-0.39, 0.29) is 24.3 Å². The van der Waals surface area contributed by atoms with Crippen LogP contribution >= 0.6 is 0 Å². The molecular formula is C17H27NO3. The molecule has 1 aromatic rings. The van der Waals surface area contributed by atoms with Crippen LogP contribution in [-0.2, 0) is 4.79 Å². The lowest BCUT2D eigenvalue weighted by atomic mass is 9.89. The number of aryl methyl sites for hydroxylation is 1. The Labute approximate surface area is 127 Å². The molecule has 1 rings (SSSR count). The quantitative estimate of drug-likeness (QED) is 0.847. The van der Waals surface area contributed by atoms with Crippen LogP contribution in [0.25, 0.3) is 0 Å². The van der Waals surface area contributed by atoms with Crippen LogP contribution in [0.3, 0.4) is 0 Å². The van der Waals surface area contributed by atoms with Crippen molar-refractivity contribution in [2.45, 2.75) is 47.1 Å². The molecule has 0 heterocycles. The van der Waals surface area contributed by atoms with Crippen LogP contribution in [-0.4, -0.2) is 30.3 Å². The van der Waals surface area contributed by atoms with Crippen LogP contribution < -0.4 is 10.1 Å². The molecule has 21 heavy (non-hydrogen) atoms. The average molecular weight is 293 g/mol. The van der Waals surface area contributed by atoms with Crippen molar-refractivity contribution >= 4 is 5.91 Å². The summed E-state index contributed by atoms with van der Waals surface area (Å²) < 4.78 is 5.64. The molecule has 118 valence electrons. The number of aliphatic hydroxyl groups excluding tert-OH is 1. The third-order valence-corrected chi connectivity index (χ3v) is 3.63. The van der Waals surface area contributed by atoms with Crippen LogP contribution in [0, 0.1) is 19.3 Å². The maximum absolute atomic E-state index is 11.7. The highest BCUT2D eigenvalue weighted by atomic mass is 16.5. The minimum Gasteiger partial charge on any atom is -0.493 e. The van der Waals surface area contributed by atoms with Crippen molar-refractivity contribution in [1.82, 2.24) is 5.32 Å². The van der Waals surface area contributed by atoms with Crippen LogP contribution in [0.4, 0.5) is 0 Å². The minimum atomic E-state index is -0.554. The van der Waals surface area contributed by atoms with E-state index in [9.17, 15) is 9.90 Å². The number of rotatable bonds is 6. The molecule has 4 nitrogen and oxygen atoms in total. The molecule has 1 amide bonds. The number of hydrogen-bond donors (Lipinski definition) is 2. The second kappa shape index (κ2) is 7.46. The molecule has 0 saturated carbocycles. The smallest absolute Gasteiger partial charge is 0.223 e. The van der Waals surface area contributed by atoms with Gasteiger partial charge in [0.2, 0.25) is 5.91 Å². The van der Waals surface area contributed by atoms with Crippen molar-refractivity contribution < 1.29 is 14.6 Å². The Bertz CT molecular complexity index is 477. The molecule has 0 bridgehead atoms. The van der Waals surface area contributed by atoms with Crippen LogP contribution in [0.1, 0.15) is 38.3 Å². The van der Waals surface area contributed by atoms with E-state index in [4.69, 9.17) is 4.74 Å². The topological polar surface area (TPSA) is 58.6 Å². The van der Waals surface area contributed by atoms with Gasteiger partial charge in [0.1, 0.15) is 5.75 Å². The number of aliphatic hydroxyl groups is 1. The van der Waals surface area contributed by atoms with E-state index >= 15 is 0 Å². The zero-order chi connectivity index (χ0) is 16.0. The molecular weight excluding hydrogens is 266 g/mol. The molecule has 1 atom stereocenters. The molecule has 0 aromatic heterocycles. The van der Waals surface area contributed by atoms with Gasteiger partial charge in [0.25, 0.3) is 0 Å². The predicted molar refractivity (Wildman–Crippen MR) is 84.5 cm³/mol. The van der Waals surface area contributed by atoms with E-state index in [1.807, 2.05) is 52.8 Å². The Balaban J connectivity index is 2.33. The number of carbonyl (C=O) groups is 1. The Morgan fingerprint density at radius 3 is 2.62 bits per heavy atom. The summed E-state index contributed by atoms with van der Waals surface area (Å²) >= 11 is 0. The summed E-state index contributed by atoms with van der Waals surface area (Å²) in [5.41, 5.74) is 2.04. The van der Waals surface area contributed by atoms with E-state index in [2.05, 4.69) is 5.32 Å². The maximum Gasteiger partial charge on any atom is 0.223 e. The summed E-state index contributed by atoms with van der Waals surface area (Å²) in [6.45, 7) is 10.5. The highest BCUT2D eigenvalue weighted by molar-refractivity contribution is 5.76. The van der Waals surface area contributed by atoms with Crippen molar-refractivity contribution in [2.75, 3.05) is 13.2 Å². The van der Waals surface area contributed by atoms with E-state index in [0.717, 1.165) is 11.3 Å². The van der Waals surface area contributed by atoms with Crippen LogP contribution in [0.15, 0.2) is 18.2 Å². The molecule has 1 unspecified atom stereocenters. The number of amides is 1. The van der Waals surface area contributed by atoms with Gasteiger partial charge in [-0.3, -0.25) is 4.79 Å². The second-order valence-electron chi connectivity index (χ2n) is 6.48. The van der Waals surface area contributed by atoms with Gasteiger partial charge in [-0.05, 0) is 36.5 Å². The first-order valence-corrected chi connectivity index (χ1v) is 7.35. The molecule has 0 spiro atoms. The number of carbonyl (C=O) groups excluding carboxylic acids is 1. The summed E-state index contributed by atoms with van der Waals surface area (Å²) in [5, 5.41) is 12.6. The molecule has 0 aliphatic carbocycles. The van der Waals surface area contributed by atoms with Crippen molar-refractivity contribution in [3.63, 3.8) is 0 Å². The van der Waals surface area contributed by atoms with E-state index in [1.54, 1.807) is 0 Å². The third kappa shape index (κ3) is 5.76. The van der Waals surface area contributed by atoms with Gasteiger partial charge in [-0.15, -0.1) is 0 Å². The summed E-state index contributed by atoms with van der Waals surface area (Å²) in [5.74, 6) is 0.709. The highest BCUT2D eigenvalue weighted by Gasteiger charge is 2.22. The van der Waals surface area contributed by atoms with Gasteiger partial charge in [0.05, 0.1) is 19.1 Å². The first-order valence-electron chi connectivity index (χ1n) is 7.35. The van der Waals surface area contributed by atoms with Crippen LogP contribution in [0.2, 0.25) is 0 Å². The molecule has 1 aromatic carbocycles. The SMILES string of the molecule is Cc1cccc(OCCC(=O)NCC(O)C(C)(C)C)c1C. The highest BCUT2D eigenvalue weighted by Crippen LogP contribution is 2.20. The van der Waals surface area contributed by atoms with Gasteiger partial charge in [0.15, 0.2) is 0 Å². The van der Waals surface area contributed by atoms with E-state index in [0.29, 0.717) is 6.61 Å². The van der Waals surface area contributed by atoms with Gasteiger partial charge in [-0.2, -0.15) is 0 Å². The third-order valence-electron chi connectivity index (χ3n) is 3.63. The molecule has 0 radical (unpaired) electrons. The molecule has 0 fully saturated rings. The molecule has 0 saturated heterocycles. The molecule has 2 N–H and O–H groups in total. The lowest BCUT2D eigenvalue weighted by molar-refractivity contribution is -0.122. The Kier molecular flexibility index (Phi) is 6.21. The minimum absolute atomic E-state index is 0.108. The number of hydrogen-bond acceptors (Lipinski definition) is 3. The first kappa shape index (κ1) is 17.5. The predicted octanol–water partition coefficient (Wildman–Crippen LogP) is 2.60. The van der Waals surface area contributed by atoms with Gasteiger partial charge in [0, 0.05) is 6.54 Å². The van der Waals surface area contributed by atoms with Crippen molar-refractivity contribution in [2.24, 2.45) is 5.41 Å². The fourth-order valence-corrected chi connectivity index (χ4v) is 1.74. The molecule has 0 aliphatic rings. The van der Waals surface area contributed by atoms with Gasteiger partial charge in [-0.1, -0.05) is 32.9 Å². The van der Waals surface area contributed by atoms with E-state index < -0.39 is 6.10 Å². The fraction of sp³-hybridized carbons (Fsp3) is 0.588. The number of benzene rings is 1. The fourth-order valence-electron chi connectivity index (χ4n) is 1.74.